The summed E-state index contributed by atoms with van der Waals surface area (Å²) in [6, 6.07) is 1.55. The number of esters is 1. The highest BCUT2D eigenvalue weighted by molar-refractivity contribution is 5.81. The molecule has 2 rings (SSSR count). The van der Waals surface area contributed by atoms with E-state index in [0.29, 0.717) is 0 Å². The number of amides is 1. The summed E-state index contributed by atoms with van der Waals surface area (Å²) in [5.74, 6) is -0.982. The van der Waals surface area contributed by atoms with Crippen LogP contribution < -0.4 is 10.9 Å². The van der Waals surface area contributed by atoms with Crippen molar-refractivity contribution in [1.82, 2.24) is 15.1 Å². The van der Waals surface area contributed by atoms with Gasteiger partial charge in [-0.2, -0.15) is 5.10 Å². The van der Waals surface area contributed by atoms with Crippen molar-refractivity contribution in [2.45, 2.75) is 32.2 Å². The third kappa shape index (κ3) is 3.43. The second-order valence-electron chi connectivity index (χ2n) is 4.67. The van der Waals surface area contributed by atoms with Crippen molar-refractivity contribution in [2.75, 3.05) is 13.7 Å². The Bertz CT molecular complexity index is 579. The van der Waals surface area contributed by atoms with Gasteiger partial charge in [-0.15, -0.1) is 0 Å². The van der Waals surface area contributed by atoms with E-state index in [4.69, 9.17) is 0 Å². The molecular weight excluding hydrogens is 262 g/mol. The number of nitrogens with zero attached hydrogens (tertiary/aromatic N) is 2. The number of ether oxygens (including phenoxy) is 1. The van der Waals surface area contributed by atoms with Gasteiger partial charge in [0, 0.05) is 6.07 Å². The minimum atomic E-state index is -0.538. The Hall–Kier alpha value is -2.18. The number of aryl methyl sites for hydroxylation is 2. The van der Waals surface area contributed by atoms with Gasteiger partial charge in [0.2, 0.25) is 5.91 Å². The van der Waals surface area contributed by atoms with Crippen molar-refractivity contribution in [3.8, 4) is 0 Å². The molecule has 1 aromatic rings. The summed E-state index contributed by atoms with van der Waals surface area (Å²) in [6.45, 7) is -0.405. The first-order valence-corrected chi connectivity index (χ1v) is 6.53. The maximum atomic E-state index is 11.8. The molecular formula is C13H17N3O4. The zero-order valence-electron chi connectivity index (χ0n) is 11.3. The average molecular weight is 279 g/mol. The lowest BCUT2D eigenvalue weighted by molar-refractivity contribution is -0.141. The Labute approximate surface area is 115 Å². The Morgan fingerprint density at radius 3 is 2.90 bits per heavy atom. The Kier molecular flexibility index (Phi) is 4.49. The van der Waals surface area contributed by atoms with Crippen LogP contribution in [0.5, 0.6) is 0 Å². The summed E-state index contributed by atoms with van der Waals surface area (Å²) >= 11 is 0. The van der Waals surface area contributed by atoms with E-state index >= 15 is 0 Å². The fourth-order valence-corrected chi connectivity index (χ4v) is 2.15. The molecule has 0 unspecified atom stereocenters. The van der Waals surface area contributed by atoms with Gasteiger partial charge in [-0.25, -0.2) is 4.68 Å². The van der Waals surface area contributed by atoms with Gasteiger partial charge in [0.05, 0.1) is 12.8 Å². The van der Waals surface area contributed by atoms with Gasteiger partial charge in [0.15, 0.2) is 0 Å². The van der Waals surface area contributed by atoms with Crippen LogP contribution >= 0.6 is 0 Å². The van der Waals surface area contributed by atoms with E-state index in [0.717, 1.165) is 41.6 Å². The second-order valence-corrected chi connectivity index (χ2v) is 4.67. The molecule has 108 valence electrons. The number of hydrogen-bond acceptors (Lipinski definition) is 5. The zero-order chi connectivity index (χ0) is 14.5. The van der Waals surface area contributed by atoms with E-state index in [-0.39, 0.29) is 18.6 Å². The summed E-state index contributed by atoms with van der Waals surface area (Å²) in [4.78, 5) is 34.4. The largest absolute Gasteiger partial charge is 0.468 e. The molecule has 0 saturated heterocycles. The molecule has 0 spiro atoms. The van der Waals surface area contributed by atoms with E-state index in [1.807, 2.05) is 0 Å². The van der Waals surface area contributed by atoms with Gasteiger partial charge in [0.1, 0.15) is 13.1 Å². The number of hydrogen-bond donors (Lipinski definition) is 1. The summed E-state index contributed by atoms with van der Waals surface area (Å²) in [6.07, 6.45) is 3.82. The van der Waals surface area contributed by atoms with Gasteiger partial charge in [-0.05, 0) is 31.2 Å². The summed E-state index contributed by atoms with van der Waals surface area (Å²) in [5, 5.41) is 6.60. The molecule has 0 saturated carbocycles. The molecule has 1 heterocycles. The fourth-order valence-electron chi connectivity index (χ4n) is 2.15. The number of methoxy groups -OCH3 is 1. The SMILES string of the molecule is COC(=O)CNC(=O)Cn1nc2c(cc1=O)CCCC2. The van der Waals surface area contributed by atoms with Crippen molar-refractivity contribution >= 4 is 11.9 Å². The van der Waals surface area contributed by atoms with Crippen LogP contribution in [0.15, 0.2) is 10.9 Å². The van der Waals surface area contributed by atoms with Gasteiger partial charge in [0.25, 0.3) is 5.56 Å². The third-order valence-electron chi connectivity index (χ3n) is 3.22. The summed E-state index contributed by atoms with van der Waals surface area (Å²) in [5.41, 5.74) is 1.57. The minimum Gasteiger partial charge on any atom is -0.468 e. The molecule has 0 aliphatic heterocycles. The van der Waals surface area contributed by atoms with Crippen LogP contribution in [0.2, 0.25) is 0 Å². The van der Waals surface area contributed by atoms with Crippen molar-refractivity contribution in [3.63, 3.8) is 0 Å². The maximum Gasteiger partial charge on any atom is 0.325 e. The quantitative estimate of drug-likeness (QED) is 0.744. The van der Waals surface area contributed by atoms with Gasteiger partial charge < -0.3 is 10.1 Å². The highest BCUT2D eigenvalue weighted by Gasteiger charge is 2.14. The van der Waals surface area contributed by atoms with Gasteiger partial charge in [-0.1, -0.05) is 0 Å². The molecule has 0 radical (unpaired) electrons. The Morgan fingerprint density at radius 2 is 2.15 bits per heavy atom. The zero-order valence-corrected chi connectivity index (χ0v) is 11.3. The van der Waals surface area contributed by atoms with Gasteiger partial charge >= 0.3 is 5.97 Å². The van der Waals surface area contributed by atoms with Crippen LogP contribution in [0.3, 0.4) is 0 Å². The molecule has 1 aromatic heterocycles. The Balaban J connectivity index is 2.04. The molecule has 1 N–H and O–H groups in total. The number of carbonyl (C=O) groups excluding carboxylic acids is 2. The van der Waals surface area contributed by atoms with E-state index < -0.39 is 11.9 Å². The van der Waals surface area contributed by atoms with Crippen LogP contribution in [0.1, 0.15) is 24.1 Å². The number of rotatable bonds is 4. The van der Waals surface area contributed by atoms with Crippen LogP contribution in [0, 0.1) is 0 Å². The molecule has 0 atom stereocenters. The molecule has 1 amide bonds. The van der Waals surface area contributed by atoms with Crippen molar-refractivity contribution in [2.24, 2.45) is 0 Å². The first-order valence-electron chi connectivity index (χ1n) is 6.53. The molecule has 0 bridgehead atoms. The number of fused-ring (bicyclic) bond motifs is 1. The molecule has 20 heavy (non-hydrogen) atoms. The second kappa shape index (κ2) is 6.31. The monoisotopic (exact) mass is 279 g/mol. The van der Waals surface area contributed by atoms with Crippen molar-refractivity contribution in [1.29, 1.82) is 0 Å². The van der Waals surface area contributed by atoms with Crippen molar-refractivity contribution < 1.29 is 14.3 Å². The predicted octanol–water partition coefficient (Wildman–Crippen LogP) is -0.589. The topological polar surface area (TPSA) is 90.3 Å². The maximum absolute atomic E-state index is 11.8. The van der Waals surface area contributed by atoms with E-state index in [2.05, 4.69) is 15.2 Å². The number of carbonyl (C=O) groups is 2. The molecule has 0 aromatic carbocycles. The first kappa shape index (κ1) is 14.2. The van der Waals surface area contributed by atoms with Crippen LogP contribution in [0.25, 0.3) is 0 Å². The molecule has 1 aliphatic rings. The fraction of sp³-hybridized carbons (Fsp3) is 0.538. The highest BCUT2D eigenvalue weighted by Crippen LogP contribution is 2.16. The lowest BCUT2D eigenvalue weighted by atomic mass is 9.97. The van der Waals surface area contributed by atoms with Crippen LogP contribution in [-0.2, 0) is 33.7 Å². The molecule has 0 fully saturated rings. The number of nitrogens with one attached hydrogen (secondary N) is 1. The smallest absolute Gasteiger partial charge is 0.325 e. The highest BCUT2D eigenvalue weighted by atomic mass is 16.5. The van der Waals surface area contributed by atoms with E-state index in [1.165, 1.54) is 7.11 Å². The number of aromatic nitrogens is 2. The van der Waals surface area contributed by atoms with E-state index in [9.17, 15) is 14.4 Å². The molecule has 1 aliphatic carbocycles. The summed E-state index contributed by atoms with van der Waals surface area (Å²) < 4.78 is 5.55. The predicted molar refractivity (Wildman–Crippen MR) is 70.2 cm³/mol. The van der Waals surface area contributed by atoms with E-state index in [1.54, 1.807) is 6.07 Å². The molecule has 7 heteroatoms. The molecule has 7 nitrogen and oxygen atoms in total. The minimum absolute atomic E-state index is 0.191. The average Bonchev–Trinajstić information content (AvgIpc) is 2.45. The third-order valence-corrected chi connectivity index (χ3v) is 3.22. The normalized spacial score (nSPS) is 13.4. The standard InChI is InChI=1S/C13H17N3O4/c1-20-13(19)7-14-11(17)8-16-12(18)6-9-4-2-3-5-10(9)15-16/h6H,2-5,7-8H2,1H3,(H,14,17). The van der Waals surface area contributed by atoms with Crippen molar-refractivity contribution in [3.05, 3.63) is 27.7 Å². The van der Waals surface area contributed by atoms with Crippen LogP contribution in [-0.4, -0.2) is 35.3 Å². The summed E-state index contributed by atoms with van der Waals surface area (Å²) in [7, 11) is 1.24. The van der Waals surface area contributed by atoms with Gasteiger partial charge in [-0.3, -0.25) is 14.4 Å². The first-order chi connectivity index (χ1) is 9.60. The Morgan fingerprint density at radius 1 is 1.40 bits per heavy atom. The lowest BCUT2D eigenvalue weighted by Crippen LogP contribution is -2.37. The van der Waals surface area contributed by atoms with Crippen LogP contribution in [0.4, 0.5) is 0 Å². The lowest BCUT2D eigenvalue weighted by Gasteiger charge is -2.15.